The van der Waals surface area contributed by atoms with Gasteiger partial charge in [-0.2, -0.15) is 0 Å². The summed E-state index contributed by atoms with van der Waals surface area (Å²) >= 11 is 0. The number of amides is 1. The number of likely N-dealkylation sites (N-methyl/N-ethyl adjacent to an activating group) is 1. The van der Waals surface area contributed by atoms with Crippen LogP contribution in [0.5, 0.6) is 11.5 Å². The Bertz CT molecular complexity index is 689. The Kier molecular flexibility index (Phi) is 6.42. The van der Waals surface area contributed by atoms with E-state index in [9.17, 15) is 4.79 Å². The van der Waals surface area contributed by atoms with Crippen LogP contribution < -0.4 is 14.8 Å². The van der Waals surface area contributed by atoms with Crippen LogP contribution in [0, 0.1) is 6.92 Å². The molecule has 0 saturated heterocycles. The van der Waals surface area contributed by atoms with Gasteiger partial charge in [0.1, 0.15) is 11.5 Å². The van der Waals surface area contributed by atoms with Crippen molar-refractivity contribution in [1.82, 2.24) is 10.2 Å². The minimum absolute atomic E-state index is 0.0967. The first-order valence-corrected chi connectivity index (χ1v) is 8.20. The number of hydrogen-bond donors (Lipinski definition) is 1. The van der Waals surface area contributed by atoms with E-state index >= 15 is 0 Å². The van der Waals surface area contributed by atoms with Crippen molar-refractivity contribution in [3.05, 3.63) is 59.2 Å². The van der Waals surface area contributed by atoms with Gasteiger partial charge in [0.05, 0.1) is 20.3 Å². The van der Waals surface area contributed by atoms with Crippen molar-refractivity contribution in [2.45, 2.75) is 13.0 Å². The molecule has 1 N–H and O–H groups in total. The number of ether oxygens (including phenoxy) is 2. The summed E-state index contributed by atoms with van der Waals surface area (Å²) in [5, 5.41) is 3.01. The molecule has 0 spiro atoms. The first-order chi connectivity index (χ1) is 12.0. The summed E-state index contributed by atoms with van der Waals surface area (Å²) in [5.41, 5.74) is 2.55. The van der Waals surface area contributed by atoms with E-state index in [1.165, 1.54) is 0 Å². The number of nitrogens with one attached hydrogen (secondary N) is 1. The van der Waals surface area contributed by atoms with Crippen LogP contribution in [-0.2, 0) is 0 Å². The fraction of sp³-hybridized carbons (Fsp3) is 0.350. The summed E-state index contributed by atoms with van der Waals surface area (Å²) < 4.78 is 10.7. The van der Waals surface area contributed by atoms with E-state index in [0.29, 0.717) is 23.6 Å². The SMILES string of the molecule is COc1cc(C(=O)NC[C@@H](c2ccccc2)N(C)C)cc(OC)c1C. The standard InChI is InChI=1S/C20H26N2O3/c1-14-18(24-4)11-16(12-19(14)25-5)20(23)21-13-17(22(2)3)15-9-7-6-8-10-15/h6-12,17H,13H2,1-5H3,(H,21,23)/t17-/m0/s1. The molecule has 0 heterocycles. The van der Waals surface area contributed by atoms with Crippen molar-refractivity contribution < 1.29 is 14.3 Å². The highest BCUT2D eigenvalue weighted by Gasteiger charge is 2.17. The molecular formula is C20H26N2O3. The van der Waals surface area contributed by atoms with Crippen molar-refractivity contribution in [3.63, 3.8) is 0 Å². The molecule has 134 valence electrons. The number of nitrogens with zero attached hydrogens (tertiary/aromatic N) is 1. The van der Waals surface area contributed by atoms with E-state index in [2.05, 4.69) is 22.3 Å². The van der Waals surface area contributed by atoms with Gasteiger partial charge in [-0.25, -0.2) is 0 Å². The predicted molar refractivity (Wildman–Crippen MR) is 99.5 cm³/mol. The average molecular weight is 342 g/mol. The van der Waals surface area contributed by atoms with Crippen LogP contribution in [0.15, 0.2) is 42.5 Å². The van der Waals surface area contributed by atoms with Crippen molar-refractivity contribution in [1.29, 1.82) is 0 Å². The summed E-state index contributed by atoms with van der Waals surface area (Å²) in [4.78, 5) is 14.7. The molecule has 1 atom stereocenters. The normalized spacial score (nSPS) is 11.9. The van der Waals surface area contributed by atoms with Gasteiger partial charge in [-0.05, 0) is 38.7 Å². The van der Waals surface area contributed by atoms with Crippen molar-refractivity contribution in [3.8, 4) is 11.5 Å². The van der Waals surface area contributed by atoms with Gasteiger partial charge >= 0.3 is 0 Å². The third kappa shape index (κ3) is 4.51. The molecular weight excluding hydrogens is 316 g/mol. The van der Waals surface area contributed by atoms with E-state index in [0.717, 1.165) is 11.1 Å². The highest BCUT2D eigenvalue weighted by atomic mass is 16.5. The topological polar surface area (TPSA) is 50.8 Å². The summed E-state index contributed by atoms with van der Waals surface area (Å²) in [6.45, 7) is 2.41. The largest absolute Gasteiger partial charge is 0.496 e. The van der Waals surface area contributed by atoms with Gasteiger partial charge in [0.2, 0.25) is 0 Å². The Morgan fingerprint density at radius 1 is 1.08 bits per heavy atom. The smallest absolute Gasteiger partial charge is 0.251 e. The zero-order chi connectivity index (χ0) is 18.4. The maximum absolute atomic E-state index is 12.6. The molecule has 0 aliphatic carbocycles. The molecule has 0 aromatic heterocycles. The Labute approximate surface area is 149 Å². The minimum atomic E-state index is -0.153. The van der Waals surface area contributed by atoms with Crippen LogP contribution in [0.1, 0.15) is 27.5 Å². The Hall–Kier alpha value is -2.53. The number of benzene rings is 2. The zero-order valence-corrected chi connectivity index (χ0v) is 15.5. The van der Waals surface area contributed by atoms with Gasteiger partial charge in [0.25, 0.3) is 5.91 Å². The average Bonchev–Trinajstić information content (AvgIpc) is 2.62. The minimum Gasteiger partial charge on any atom is -0.496 e. The molecule has 0 unspecified atom stereocenters. The molecule has 2 aromatic carbocycles. The fourth-order valence-corrected chi connectivity index (χ4v) is 2.78. The first kappa shape index (κ1) is 18.8. The van der Waals surface area contributed by atoms with Crippen LogP contribution in [0.3, 0.4) is 0 Å². The summed E-state index contributed by atoms with van der Waals surface area (Å²) in [6.07, 6.45) is 0. The third-order valence-corrected chi connectivity index (χ3v) is 4.28. The van der Waals surface area contributed by atoms with Crippen LogP contribution in [-0.4, -0.2) is 45.7 Å². The summed E-state index contributed by atoms with van der Waals surface area (Å²) in [5.74, 6) is 1.12. The molecule has 2 aromatic rings. The van der Waals surface area contributed by atoms with Crippen LogP contribution >= 0.6 is 0 Å². The van der Waals surface area contributed by atoms with E-state index in [1.807, 2.05) is 39.2 Å². The Morgan fingerprint density at radius 2 is 1.64 bits per heavy atom. The highest BCUT2D eigenvalue weighted by Crippen LogP contribution is 2.29. The molecule has 25 heavy (non-hydrogen) atoms. The monoisotopic (exact) mass is 342 g/mol. The van der Waals surface area contributed by atoms with Gasteiger partial charge in [0.15, 0.2) is 0 Å². The second-order valence-corrected chi connectivity index (χ2v) is 6.11. The molecule has 0 bridgehead atoms. The maximum atomic E-state index is 12.6. The van der Waals surface area contributed by atoms with Crippen LogP contribution in [0.4, 0.5) is 0 Å². The molecule has 0 aliphatic rings. The predicted octanol–water partition coefficient (Wildman–Crippen LogP) is 3.04. The maximum Gasteiger partial charge on any atom is 0.251 e. The molecule has 2 rings (SSSR count). The van der Waals surface area contributed by atoms with Gasteiger partial charge in [-0.1, -0.05) is 30.3 Å². The molecule has 0 radical (unpaired) electrons. The second kappa shape index (κ2) is 8.53. The summed E-state index contributed by atoms with van der Waals surface area (Å²) in [7, 11) is 7.17. The second-order valence-electron chi connectivity index (χ2n) is 6.11. The lowest BCUT2D eigenvalue weighted by Crippen LogP contribution is -2.34. The third-order valence-electron chi connectivity index (χ3n) is 4.28. The lowest BCUT2D eigenvalue weighted by Gasteiger charge is -2.25. The summed E-state index contributed by atoms with van der Waals surface area (Å²) in [6, 6.07) is 13.7. The number of hydrogen-bond acceptors (Lipinski definition) is 4. The van der Waals surface area contributed by atoms with Crippen molar-refractivity contribution >= 4 is 5.91 Å². The molecule has 0 saturated carbocycles. The van der Waals surface area contributed by atoms with Gasteiger partial charge < -0.3 is 19.7 Å². The van der Waals surface area contributed by atoms with Crippen LogP contribution in [0.25, 0.3) is 0 Å². The number of carbonyl (C=O) groups is 1. The molecule has 0 aliphatic heterocycles. The lowest BCUT2D eigenvalue weighted by molar-refractivity contribution is 0.0941. The van der Waals surface area contributed by atoms with E-state index in [4.69, 9.17) is 9.47 Å². The molecule has 1 amide bonds. The first-order valence-electron chi connectivity index (χ1n) is 8.20. The van der Waals surface area contributed by atoms with Gasteiger partial charge in [-0.3, -0.25) is 4.79 Å². The fourth-order valence-electron chi connectivity index (χ4n) is 2.78. The van der Waals surface area contributed by atoms with Crippen LogP contribution in [0.2, 0.25) is 0 Å². The number of methoxy groups -OCH3 is 2. The highest BCUT2D eigenvalue weighted by molar-refractivity contribution is 5.95. The van der Waals surface area contributed by atoms with Gasteiger partial charge in [0, 0.05) is 17.7 Å². The van der Waals surface area contributed by atoms with E-state index < -0.39 is 0 Å². The number of carbonyl (C=O) groups excluding carboxylic acids is 1. The van der Waals surface area contributed by atoms with Crippen molar-refractivity contribution in [2.24, 2.45) is 0 Å². The lowest BCUT2D eigenvalue weighted by atomic mass is 10.1. The Balaban J connectivity index is 2.16. The molecule has 5 heteroatoms. The molecule has 0 fully saturated rings. The zero-order valence-electron chi connectivity index (χ0n) is 15.5. The van der Waals surface area contributed by atoms with Crippen molar-refractivity contribution in [2.75, 3.05) is 34.9 Å². The number of rotatable bonds is 7. The van der Waals surface area contributed by atoms with Gasteiger partial charge in [-0.15, -0.1) is 0 Å². The van der Waals surface area contributed by atoms with E-state index in [1.54, 1.807) is 26.4 Å². The Morgan fingerprint density at radius 3 is 2.12 bits per heavy atom. The molecule has 5 nitrogen and oxygen atoms in total. The van der Waals surface area contributed by atoms with E-state index in [-0.39, 0.29) is 11.9 Å². The quantitative estimate of drug-likeness (QED) is 0.840.